The lowest BCUT2D eigenvalue weighted by molar-refractivity contribution is -0.385. The van der Waals surface area contributed by atoms with Crippen LogP contribution in [0.3, 0.4) is 0 Å². The fraction of sp³-hybridized carbons (Fsp3) is 0. The molecule has 0 saturated heterocycles. The van der Waals surface area contributed by atoms with Gasteiger partial charge in [0.25, 0.3) is 11.6 Å². The summed E-state index contributed by atoms with van der Waals surface area (Å²) in [6, 6.07) is 15.9. The average molecular weight is 317 g/mol. The first kappa shape index (κ1) is 14.1. The highest BCUT2D eigenvalue weighted by molar-refractivity contribution is 6.13. The molecule has 1 aliphatic heterocycles. The fourth-order valence-corrected chi connectivity index (χ4v) is 2.84. The molecule has 2 heterocycles. The molecule has 0 radical (unpaired) electrons. The lowest BCUT2D eigenvalue weighted by Crippen LogP contribution is -2.12. The highest BCUT2D eigenvalue weighted by atomic mass is 16.6. The minimum absolute atomic E-state index is 0.0992. The topological polar surface area (TPSA) is 85.1 Å². The van der Waals surface area contributed by atoms with Crippen LogP contribution >= 0.6 is 0 Å². The molecule has 0 bridgehead atoms. The number of para-hydroxylation sites is 1. The highest BCUT2D eigenvalue weighted by Gasteiger charge is 2.31. The summed E-state index contributed by atoms with van der Waals surface area (Å²) in [5.41, 5.74) is 2.34. The molecule has 0 fully saturated rings. The maximum Gasteiger partial charge on any atom is 0.279 e. The van der Waals surface area contributed by atoms with Gasteiger partial charge in [-0.2, -0.15) is 0 Å². The van der Waals surface area contributed by atoms with Crippen molar-refractivity contribution in [1.82, 2.24) is 10.3 Å². The molecule has 0 spiro atoms. The number of aromatic nitrogens is 1. The number of amides is 1. The number of pyridine rings is 1. The van der Waals surface area contributed by atoms with Crippen molar-refractivity contribution in [2.24, 2.45) is 0 Å². The van der Waals surface area contributed by atoms with Crippen LogP contribution in [0.15, 0.2) is 54.6 Å². The predicted octanol–water partition coefficient (Wildman–Crippen LogP) is 3.38. The summed E-state index contributed by atoms with van der Waals surface area (Å²) >= 11 is 0. The number of nitrogens with one attached hydrogen (secondary N) is 1. The lowest BCUT2D eigenvalue weighted by Gasteiger charge is -2.03. The lowest BCUT2D eigenvalue weighted by atomic mass is 10.0. The van der Waals surface area contributed by atoms with Gasteiger partial charge in [0.05, 0.1) is 33.0 Å². The van der Waals surface area contributed by atoms with E-state index >= 15 is 0 Å². The van der Waals surface area contributed by atoms with Crippen molar-refractivity contribution >= 4 is 34.3 Å². The van der Waals surface area contributed by atoms with Crippen molar-refractivity contribution in [2.45, 2.75) is 0 Å². The van der Waals surface area contributed by atoms with E-state index < -0.39 is 4.92 Å². The molecular formula is C18H11N3O3. The van der Waals surface area contributed by atoms with Crippen LogP contribution in [0.1, 0.15) is 21.6 Å². The minimum atomic E-state index is -0.485. The van der Waals surface area contributed by atoms with Gasteiger partial charge in [0.15, 0.2) is 0 Å². The number of rotatable bonds is 2. The Morgan fingerprint density at radius 1 is 1.04 bits per heavy atom. The Balaban J connectivity index is 1.87. The van der Waals surface area contributed by atoms with E-state index in [1.165, 1.54) is 12.1 Å². The van der Waals surface area contributed by atoms with Crippen molar-refractivity contribution in [3.8, 4) is 0 Å². The summed E-state index contributed by atoms with van der Waals surface area (Å²) < 4.78 is 0. The van der Waals surface area contributed by atoms with Gasteiger partial charge >= 0.3 is 0 Å². The van der Waals surface area contributed by atoms with E-state index in [9.17, 15) is 14.9 Å². The molecule has 1 N–H and O–H groups in total. The van der Waals surface area contributed by atoms with Crippen molar-refractivity contribution in [1.29, 1.82) is 0 Å². The summed E-state index contributed by atoms with van der Waals surface area (Å²) in [5, 5.41) is 15.0. The maximum absolute atomic E-state index is 12.1. The predicted molar refractivity (Wildman–Crippen MR) is 90.2 cm³/mol. The smallest absolute Gasteiger partial charge is 0.279 e. The third-order valence-electron chi connectivity index (χ3n) is 3.91. The molecular weight excluding hydrogens is 306 g/mol. The zero-order valence-electron chi connectivity index (χ0n) is 12.4. The molecule has 3 aromatic rings. The van der Waals surface area contributed by atoms with E-state index in [1.807, 2.05) is 36.4 Å². The number of carbonyl (C=O) groups excluding carboxylic acids is 1. The Morgan fingerprint density at radius 2 is 1.88 bits per heavy atom. The number of carbonyl (C=O) groups is 1. The Kier molecular flexibility index (Phi) is 3.09. The van der Waals surface area contributed by atoms with Crippen LogP contribution in [0.2, 0.25) is 0 Å². The number of fused-ring (bicyclic) bond motifs is 2. The summed E-state index contributed by atoms with van der Waals surface area (Å²) in [4.78, 5) is 27.4. The fourth-order valence-electron chi connectivity index (χ4n) is 2.84. The third kappa shape index (κ3) is 2.21. The molecule has 6 nitrogen and oxygen atoms in total. The van der Waals surface area contributed by atoms with Gasteiger partial charge in [-0.3, -0.25) is 14.9 Å². The second-order valence-electron chi connectivity index (χ2n) is 5.40. The van der Waals surface area contributed by atoms with Crippen LogP contribution in [-0.4, -0.2) is 15.8 Å². The number of hydrogen-bond acceptors (Lipinski definition) is 4. The van der Waals surface area contributed by atoms with E-state index in [0.717, 1.165) is 10.9 Å². The van der Waals surface area contributed by atoms with E-state index in [-0.39, 0.29) is 11.6 Å². The number of nitro benzene ring substituents is 1. The Hall–Kier alpha value is -3.54. The maximum atomic E-state index is 12.1. The zero-order chi connectivity index (χ0) is 16.7. The monoisotopic (exact) mass is 317 g/mol. The summed E-state index contributed by atoms with van der Waals surface area (Å²) in [6.07, 6.45) is 1.66. The molecule has 24 heavy (non-hydrogen) atoms. The van der Waals surface area contributed by atoms with Crippen LogP contribution in [0.4, 0.5) is 5.69 Å². The highest BCUT2D eigenvalue weighted by Crippen LogP contribution is 2.33. The van der Waals surface area contributed by atoms with Crippen LogP contribution < -0.4 is 5.32 Å². The van der Waals surface area contributed by atoms with E-state index in [2.05, 4.69) is 10.3 Å². The van der Waals surface area contributed by atoms with Crippen molar-refractivity contribution < 1.29 is 9.72 Å². The first-order valence-corrected chi connectivity index (χ1v) is 7.30. The second kappa shape index (κ2) is 5.27. The molecule has 4 rings (SSSR count). The summed E-state index contributed by atoms with van der Waals surface area (Å²) in [5.74, 6) is -0.347. The molecule has 0 unspecified atom stereocenters. The molecule has 6 heteroatoms. The molecule has 0 atom stereocenters. The minimum Gasteiger partial charge on any atom is -0.321 e. The quantitative estimate of drug-likeness (QED) is 0.580. The molecule has 1 amide bonds. The summed E-state index contributed by atoms with van der Waals surface area (Å²) in [7, 11) is 0. The van der Waals surface area contributed by atoms with E-state index in [1.54, 1.807) is 12.1 Å². The summed E-state index contributed by atoms with van der Waals surface area (Å²) in [6.45, 7) is 0. The molecule has 1 aliphatic rings. The number of nitro groups is 1. The Bertz CT molecular complexity index is 1040. The van der Waals surface area contributed by atoms with Gasteiger partial charge in [-0.25, -0.2) is 4.98 Å². The van der Waals surface area contributed by atoms with Gasteiger partial charge in [-0.05, 0) is 24.3 Å². The van der Waals surface area contributed by atoms with Gasteiger partial charge < -0.3 is 5.32 Å². The molecule has 116 valence electrons. The normalized spacial score (nSPS) is 14.7. The SMILES string of the molecule is O=C1NC(=Cc2ccc3ccccc3n2)c2c1cccc2[N+](=O)[O-]. The first-order valence-electron chi connectivity index (χ1n) is 7.30. The number of nitrogens with zero attached hydrogens (tertiary/aromatic N) is 2. The van der Waals surface area contributed by atoms with Crippen LogP contribution in [-0.2, 0) is 0 Å². The Morgan fingerprint density at radius 3 is 2.71 bits per heavy atom. The van der Waals surface area contributed by atoms with Gasteiger partial charge in [-0.1, -0.05) is 30.3 Å². The number of benzene rings is 2. The van der Waals surface area contributed by atoms with Crippen molar-refractivity contribution in [2.75, 3.05) is 0 Å². The van der Waals surface area contributed by atoms with Crippen LogP contribution in [0.5, 0.6) is 0 Å². The van der Waals surface area contributed by atoms with Gasteiger partial charge in [0.1, 0.15) is 0 Å². The van der Waals surface area contributed by atoms with Crippen LogP contribution in [0.25, 0.3) is 22.7 Å². The molecule has 0 saturated carbocycles. The van der Waals surface area contributed by atoms with Gasteiger partial charge in [-0.15, -0.1) is 0 Å². The largest absolute Gasteiger partial charge is 0.321 e. The number of hydrogen-bond donors (Lipinski definition) is 1. The average Bonchev–Trinajstić information content (AvgIpc) is 2.91. The molecule has 2 aromatic carbocycles. The van der Waals surface area contributed by atoms with Gasteiger partial charge in [0.2, 0.25) is 0 Å². The molecule has 0 aliphatic carbocycles. The van der Waals surface area contributed by atoms with E-state index in [0.29, 0.717) is 22.5 Å². The third-order valence-corrected chi connectivity index (χ3v) is 3.91. The van der Waals surface area contributed by atoms with Crippen molar-refractivity contribution in [3.63, 3.8) is 0 Å². The van der Waals surface area contributed by atoms with E-state index in [4.69, 9.17) is 0 Å². The van der Waals surface area contributed by atoms with Crippen LogP contribution in [0, 0.1) is 10.1 Å². The van der Waals surface area contributed by atoms with Crippen molar-refractivity contribution in [3.05, 3.63) is 81.5 Å². The first-order chi connectivity index (χ1) is 11.6. The molecule has 1 aromatic heterocycles. The Labute approximate surface area is 136 Å². The van der Waals surface area contributed by atoms with Gasteiger partial charge in [0, 0.05) is 11.5 Å². The second-order valence-corrected chi connectivity index (χ2v) is 5.40. The standard InChI is InChI=1S/C18H11N3O3/c22-18-13-5-3-7-16(21(23)24)17(13)15(20-18)10-12-9-8-11-4-1-2-6-14(11)19-12/h1-10H,(H,20,22). The zero-order valence-corrected chi connectivity index (χ0v) is 12.4.